The van der Waals surface area contributed by atoms with Gasteiger partial charge in [0.2, 0.25) is 5.91 Å². The van der Waals surface area contributed by atoms with E-state index in [0.29, 0.717) is 6.61 Å². The SMILES string of the molecule is COCC(C)(C)NC(=O)[C@H]1SCCc2ccccc21. The molecule has 2 rings (SSSR count). The molecule has 4 heteroatoms. The van der Waals surface area contributed by atoms with Crippen molar-refractivity contribution < 1.29 is 9.53 Å². The van der Waals surface area contributed by atoms with Gasteiger partial charge in [-0.25, -0.2) is 0 Å². The number of thioether (sulfide) groups is 1. The Morgan fingerprint density at radius 1 is 1.47 bits per heavy atom. The van der Waals surface area contributed by atoms with E-state index in [0.717, 1.165) is 17.7 Å². The highest BCUT2D eigenvalue weighted by Gasteiger charge is 2.30. The fourth-order valence-corrected chi connectivity index (χ4v) is 3.60. The van der Waals surface area contributed by atoms with Crippen LogP contribution in [-0.2, 0) is 16.0 Å². The van der Waals surface area contributed by atoms with Gasteiger partial charge < -0.3 is 10.1 Å². The number of carbonyl (C=O) groups is 1. The first-order valence-corrected chi connectivity index (χ1v) is 7.59. The van der Waals surface area contributed by atoms with E-state index in [4.69, 9.17) is 4.74 Å². The third-order valence-electron chi connectivity index (χ3n) is 3.20. The van der Waals surface area contributed by atoms with Crippen molar-refractivity contribution >= 4 is 17.7 Å². The van der Waals surface area contributed by atoms with Gasteiger partial charge in [0.15, 0.2) is 0 Å². The molecular formula is C15H21NO2S. The predicted octanol–water partition coefficient (Wildman–Crippen LogP) is 2.56. The van der Waals surface area contributed by atoms with Gasteiger partial charge in [-0.2, -0.15) is 0 Å². The van der Waals surface area contributed by atoms with Crippen molar-refractivity contribution in [3.8, 4) is 0 Å². The molecule has 3 nitrogen and oxygen atoms in total. The highest BCUT2D eigenvalue weighted by atomic mass is 32.2. The van der Waals surface area contributed by atoms with Gasteiger partial charge in [-0.15, -0.1) is 11.8 Å². The highest BCUT2D eigenvalue weighted by Crippen LogP contribution is 2.37. The maximum Gasteiger partial charge on any atom is 0.238 e. The van der Waals surface area contributed by atoms with Crippen LogP contribution in [0.5, 0.6) is 0 Å². The molecule has 0 bridgehead atoms. The molecule has 1 aliphatic heterocycles. The summed E-state index contributed by atoms with van der Waals surface area (Å²) in [5.74, 6) is 1.08. The van der Waals surface area contributed by atoms with Crippen molar-refractivity contribution in [1.29, 1.82) is 0 Å². The summed E-state index contributed by atoms with van der Waals surface area (Å²) in [5.41, 5.74) is 2.12. The Labute approximate surface area is 119 Å². The number of hydrogen-bond acceptors (Lipinski definition) is 3. The van der Waals surface area contributed by atoms with Gasteiger partial charge in [-0.3, -0.25) is 4.79 Å². The normalized spacial score (nSPS) is 18.8. The van der Waals surface area contributed by atoms with Crippen LogP contribution < -0.4 is 5.32 Å². The average Bonchev–Trinajstić information content (AvgIpc) is 2.37. The second kappa shape index (κ2) is 5.97. The number of hydrogen-bond donors (Lipinski definition) is 1. The molecule has 19 heavy (non-hydrogen) atoms. The Bertz CT molecular complexity index is 459. The number of fused-ring (bicyclic) bond motifs is 1. The van der Waals surface area contributed by atoms with Crippen LogP contribution in [0.3, 0.4) is 0 Å². The van der Waals surface area contributed by atoms with Gasteiger partial charge in [-0.1, -0.05) is 24.3 Å². The zero-order valence-corrected chi connectivity index (χ0v) is 12.5. The third kappa shape index (κ3) is 3.51. The van der Waals surface area contributed by atoms with E-state index in [1.54, 1.807) is 18.9 Å². The molecule has 1 heterocycles. The minimum Gasteiger partial charge on any atom is -0.382 e. The molecule has 104 valence electrons. The van der Waals surface area contributed by atoms with E-state index in [9.17, 15) is 4.79 Å². The Morgan fingerprint density at radius 2 is 2.21 bits per heavy atom. The number of methoxy groups -OCH3 is 1. The number of carbonyl (C=O) groups excluding carboxylic acids is 1. The lowest BCUT2D eigenvalue weighted by molar-refractivity contribution is -0.122. The molecule has 0 aliphatic carbocycles. The molecule has 1 aromatic carbocycles. The molecular weight excluding hydrogens is 258 g/mol. The summed E-state index contributed by atoms with van der Waals surface area (Å²) in [5, 5.41) is 2.99. The molecule has 1 N–H and O–H groups in total. The molecule has 1 aromatic rings. The van der Waals surface area contributed by atoms with Crippen LogP contribution in [0.15, 0.2) is 24.3 Å². The molecule has 1 atom stereocenters. The average molecular weight is 279 g/mol. The van der Waals surface area contributed by atoms with Gasteiger partial charge in [0.25, 0.3) is 0 Å². The standard InChI is InChI=1S/C15H21NO2S/c1-15(2,10-18-3)16-14(17)13-12-7-5-4-6-11(12)8-9-19-13/h4-7,13H,8-10H2,1-3H3,(H,16,17)/t13-/m0/s1. The molecule has 1 amide bonds. The van der Waals surface area contributed by atoms with Crippen molar-refractivity contribution in [3.63, 3.8) is 0 Å². The number of nitrogens with one attached hydrogen (secondary N) is 1. The quantitative estimate of drug-likeness (QED) is 0.920. The predicted molar refractivity (Wildman–Crippen MR) is 79.4 cm³/mol. The van der Waals surface area contributed by atoms with E-state index in [1.807, 2.05) is 26.0 Å². The summed E-state index contributed by atoms with van der Waals surface area (Å²) in [7, 11) is 1.65. The van der Waals surface area contributed by atoms with Crippen LogP contribution in [0.1, 0.15) is 30.2 Å². The zero-order chi connectivity index (χ0) is 13.9. The van der Waals surface area contributed by atoms with Crippen LogP contribution in [0, 0.1) is 0 Å². The molecule has 0 radical (unpaired) electrons. The fourth-order valence-electron chi connectivity index (χ4n) is 2.41. The van der Waals surface area contributed by atoms with E-state index < -0.39 is 0 Å². The minimum absolute atomic E-state index is 0.0826. The summed E-state index contributed by atoms with van der Waals surface area (Å²) >= 11 is 1.72. The molecule has 0 unspecified atom stereocenters. The Hall–Kier alpha value is -1.00. The third-order valence-corrected chi connectivity index (χ3v) is 4.44. The Morgan fingerprint density at radius 3 is 2.95 bits per heavy atom. The summed E-state index contributed by atoms with van der Waals surface area (Å²) < 4.78 is 5.14. The van der Waals surface area contributed by atoms with Crippen molar-refractivity contribution in [2.45, 2.75) is 31.1 Å². The second-order valence-electron chi connectivity index (χ2n) is 5.51. The lowest BCUT2D eigenvalue weighted by Gasteiger charge is -2.30. The number of amides is 1. The van der Waals surface area contributed by atoms with Gasteiger partial charge in [0.05, 0.1) is 12.1 Å². The number of rotatable bonds is 4. The monoisotopic (exact) mass is 279 g/mol. The van der Waals surface area contributed by atoms with Crippen LogP contribution >= 0.6 is 11.8 Å². The zero-order valence-electron chi connectivity index (χ0n) is 11.7. The first kappa shape index (κ1) is 14.4. The van der Waals surface area contributed by atoms with Crippen molar-refractivity contribution in [3.05, 3.63) is 35.4 Å². The number of aryl methyl sites for hydroxylation is 1. The minimum atomic E-state index is -0.335. The van der Waals surface area contributed by atoms with Gasteiger partial charge in [-0.05, 0) is 37.1 Å². The smallest absolute Gasteiger partial charge is 0.238 e. The van der Waals surface area contributed by atoms with Crippen LogP contribution in [0.2, 0.25) is 0 Å². The second-order valence-corrected chi connectivity index (χ2v) is 6.72. The first-order valence-electron chi connectivity index (χ1n) is 6.54. The van der Waals surface area contributed by atoms with E-state index in [1.165, 1.54) is 5.56 Å². The molecule has 0 spiro atoms. The van der Waals surface area contributed by atoms with Crippen LogP contribution in [-0.4, -0.2) is 30.9 Å². The Kier molecular flexibility index (Phi) is 4.53. The molecule has 0 saturated heterocycles. The molecule has 1 aliphatic rings. The summed E-state index contributed by atoms with van der Waals surface area (Å²) in [6, 6.07) is 8.23. The largest absolute Gasteiger partial charge is 0.382 e. The lowest BCUT2D eigenvalue weighted by Crippen LogP contribution is -2.48. The number of ether oxygens (including phenoxy) is 1. The van der Waals surface area contributed by atoms with E-state index in [-0.39, 0.29) is 16.7 Å². The molecule has 0 fully saturated rings. The topological polar surface area (TPSA) is 38.3 Å². The Balaban J connectivity index is 2.13. The first-order chi connectivity index (χ1) is 9.03. The van der Waals surface area contributed by atoms with Crippen molar-refractivity contribution in [2.24, 2.45) is 0 Å². The molecule has 0 saturated carbocycles. The van der Waals surface area contributed by atoms with Crippen LogP contribution in [0.4, 0.5) is 0 Å². The number of benzene rings is 1. The maximum absolute atomic E-state index is 12.5. The summed E-state index contributed by atoms with van der Waals surface area (Å²) in [6.07, 6.45) is 1.05. The van der Waals surface area contributed by atoms with Crippen molar-refractivity contribution in [1.82, 2.24) is 5.32 Å². The summed E-state index contributed by atoms with van der Waals surface area (Å²) in [6.45, 7) is 4.47. The van der Waals surface area contributed by atoms with Crippen LogP contribution in [0.25, 0.3) is 0 Å². The van der Waals surface area contributed by atoms with Gasteiger partial charge >= 0.3 is 0 Å². The van der Waals surface area contributed by atoms with Crippen molar-refractivity contribution in [2.75, 3.05) is 19.5 Å². The summed E-state index contributed by atoms with van der Waals surface area (Å²) in [4.78, 5) is 12.5. The maximum atomic E-state index is 12.5. The lowest BCUT2D eigenvalue weighted by atomic mass is 10.00. The van der Waals surface area contributed by atoms with E-state index in [2.05, 4.69) is 17.4 Å². The van der Waals surface area contributed by atoms with Gasteiger partial charge in [0.1, 0.15) is 5.25 Å². The fraction of sp³-hybridized carbons (Fsp3) is 0.533. The highest BCUT2D eigenvalue weighted by molar-refractivity contribution is 8.00. The van der Waals surface area contributed by atoms with E-state index >= 15 is 0 Å². The molecule has 0 aromatic heterocycles. The van der Waals surface area contributed by atoms with Gasteiger partial charge in [0, 0.05) is 7.11 Å².